The van der Waals surface area contributed by atoms with Crippen LogP contribution in [0.3, 0.4) is 0 Å². The summed E-state index contributed by atoms with van der Waals surface area (Å²) in [7, 11) is -2.50. The van der Waals surface area contributed by atoms with E-state index in [4.69, 9.17) is 5.26 Å². The van der Waals surface area contributed by atoms with Crippen molar-refractivity contribution >= 4 is 9.84 Å². The Hall–Kier alpha value is -3.09. The number of rotatable bonds is 5. The Balaban J connectivity index is 2.25. The number of sulfone groups is 1. The van der Waals surface area contributed by atoms with Gasteiger partial charge in [-0.15, -0.1) is 0 Å². The van der Waals surface area contributed by atoms with Crippen LogP contribution in [0.4, 0.5) is 8.78 Å². The fraction of sp³-hybridized carbons (Fsp3) is 0.111. The Morgan fingerprint density at radius 2 is 1.96 bits per heavy atom. The van der Waals surface area contributed by atoms with Gasteiger partial charge in [-0.05, 0) is 37.4 Å². The third kappa shape index (κ3) is 3.58. The first-order valence-corrected chi connectivity index (χ1v) is 9.29. The second-order valence-corrected chi connectivity index (χ2v) is 7.55. The monoisotopic (exact) mass is 388 g/mol. The zero-order valence-electron chi connectivity index (χ0n) is 14.1. The third-order valence-corrected chi connectivity index (χ3v) is 5.49. The number of aromatic nitrogens is 2. The summed E-state index contributed by atoms with van der Waals surface area (Å²) in [5.41, 5.74) is 0.165. The third-order valence-electron chi connectivity index (χ3n) is 3.77. The molecule has 0 saturated carbocycles. The van der Waals surface area contributed by atoms with Crippen molar-refractivity contribution in [2.45, 2.75) is 16.5 Å². The molecule has 0 amide bonds. The molecular weight excluding hydrogens is 374 g/mol. The summed E-state index contributed by atoms with van der Waals surface area (Å²) in [4.78, 5) is -0.143. The predicted octanol–water partition coefficient (Wildman–Crippen LogP) is 2.57. The molecule has 0 aliphatic carbocycles. The van der Waals surface area contributed by atoms with Crippen molar-refractivity contribution in [3.05, 3.63) is 71.4 Å². The Morgan fingerprint density at radius 1 is 1.19 bits per heavy atom. The highest BCUT2D eigenvalue weighted by molar-refractivity contribution is 7.91. The molecule has 27 heavy (non-hydrogen) atoms. The van der Waals surface area contributed by atoms with Crippen molar-refractivity contribution in [2.75, 3.05) is 7.05 Å². The molecule has 0 fully saturated rings. The van der Waals surface area contributed by atoms with Gasteiger partial charge in [-0.2, -0.15) is 10.4 Å². The van der Waals surface area contributed by atoms with E-state index in [2.05, 4.69) is 10.4 Å². The normalized spacial score (nSPS) is 11.3. The summed E-state index contributed by atoms with van der Waals surface area (Å²) in [6, 6.07) is 11.3. The summed E-state index contributed by atoms with van der Waals surface area (Å²) in [5.74, 6) is -1.55. The maximum Gasteiger partial charge on any atom is 0.224 e. The van der Waals surface area contributed by atoms with Crippen LogP contribution >= 0.6 is 0 Å². The van der Waals surface area contributed by atoms with E-state index in [1.54, 1.807) is 7.05 Å². The number of hydrogen-bond donors (Lipinski definition) is 1. The van der Waals surface area contributed by atoms with Crippen LogP contribution in [0.2, 0.25) is 0 Å². The molecule has 0 aliphatic rings. The van der Waals surface area contributed by atoms with E-state index in [1.807, 2.05) is 6.07 Å². The highest BCUT2D eigenvalue weighted by atomic mass is 32.2. The van der Waals surface area contributed by atoms with Gasteiger partial charge in [0.2, 0.25) is 9.84 Å². The molecule has 6 nitrogen and oxygen atoms in total. The van der Waals surface area contributed by atoms with E-state index >= 15 is 0 Å². The summed E-state index contributed by atoms with van der Waals surface area (Å²) in [6.45, 7) is 0.227. The average molecular weight is 388 g/mol. The molecule has 138 valence electrons. The zero-order valence-corrected chi connectivity index (χ0v) is 15.0. The van der Waals surface area contributed by atoms with Gasteiger partial charge < -0.3 is 5.32 Å². The second-order valence-electron chi connectivity index (χ2n) is 5.65. The first-order valence-electron chi connectivity index (χ1n) is 7.81. The molecule has 0 spiro atoms. The lowest BCUT2D eigenvalue weighted by atomic mass is 10.2. The van der Waals surface area contributed by atoms with Crippen molar-refractivity contribution in [2.24, 2.45) is 0 Å². The average Bonchev–Trinajstić information content (AvgIpc) is 3.08. The van der Waals surface area contributed by atoms with Gasteiger partial charge in [0.25, 0.3) is 0 Å². The van der Waals surface area contributed by atoms with Crippen molar-refractivity contribution in [3.8, 4) is 11.8 Å². The molecule has 9 heteroatoms. The van der Waals surface area contributed by atoms with E-state index in [9.17, 15) is 17.2 Å². The maximum atomic E-state index is 14.3. The van der Waals surface area contributed by atoms with Gasteiger partial charge in [-0.25, -0.2) is 21.9 Å². The molecule has 0 bridgehead atoms. The van der Waals surface area contributed by atoms with Crippen LogP contribution in [0, 0.1) is 23.0 Å². The van der Waals surface area contributed by atoms with Gasteiger partial charge in [0, 0.05) is 18.7 Å². The molecule has 0 aliphatic heterocycles. The number of halogens is 2. The fourth-order valence-electron chi connectivity index (χ4n) is 2.54. The topological polar surface area (TPSA) is 87.8 Å². The standard InChI is InChI=1S/C18H14F2N4O2S/c1-22-11-14-9-18(24(23-14)17-8-13(19)5-6-16(17)20)27(25,26)15-4-2-3-12(7-15)10-21/h2-9,22H,11H2,1H3. The van der Waals surface area contributed by atoms with Gasteiger partial charge in [-0.1, -0.05) is 6.07 Å². The van der Waals surface area contributed by atoms with E-state index < -0.39 is 21.5 Å². The molecule has 0 atom stereocenters. The van der Waals surface area contributed by atoms with Crippen LogP contribution in [0.1, 0.15) is 11.3 Å². The van der Waals surface area contributed by atoms with E-state index in [0.717, 1.165) is 22.9 Å². The van der Waals surface area contributed by atoms with Crippen molar-refractivity contribution in [1.82, 2.24) is 15.1 Å². The van der Waals surface area contributed by atoms with Gasteiger partial charge >= 0.3 is 0 Å². The Labute approximate surface area is 154 Å². The Kier molecular flexibility index (Phi) is 5.03. The van der Waals surface area contributed by atoms with Gasteiger partial charge in [0.15, 0.2) is 5.03 Å². The molecule has 1 heterocycles. The SMILES string of the molecule is CNCc1cc(S(=O)(=O)c2cccc(C#N)c2)n(-c2cc(F)ccc2F)n1. The summed E-state index contributed by atoms with van der Waals surface area (Å²) in [5, 5.41) is 15.6. The number of benzene rings is 2. The van der Waals surface area contributed by atoms with Gasteiger partial charge in [0.05, 0.1) is 22.2 Å². The Morgan fingerprint density at radius 3 is 2.67 bits per heavy atom. The minimum atomic E-state index is -4.15. The predicted molar refractivity (Wildman–Crippen MR) is 92.9 cm³/mol. The van der Waals surface area contributed by atoms with Crippen LogP contribution in [0.5, 0.6) is 0 Å². The quantitative estimate of drug-likeness (QED) is 0.726. The lowest BCUT2D eigenvalue weighted by molar-refractivity contribution is 0.566. The summed E-state index contributed by atoms with van der Waals surface area (Å²) < 4.78 is 55.0. The zero-order chi connectivity index (χ0) is 19.6. The van der Waals surface area contributed by atoms with Crippen molar-refractivity contribution < 1.29 is 17.2 Å². The molecule has 2 aromatic carbocycles. The van der Waals surface area contributed by atoms with Crippen LogP contribution in [0.15, 0.2) is 58.5 Å². The smallest absolute Gasteiger partial charge is 0.224 e. The highest BCUT2D eigenvalue weighted by Gasteiger charge is 2.26. The minimum Gasteiger partial charge on any atom is -0.314 e. The maximum absolute atomic E-state index is 14.3. The number of nitrogens with zero attached hydrogens (tertiary/aromatic N) is 3. The van der Waals surface area contributed by atoms with Gasteiger partial charge in [0.1, 0.15) is 17.3 Å². The van der Waals surface area contributed by atoms with E-state index in [1.165, 1.54) is 30.3 Å². The van der Waals surface area contributed by atoms with E-state index in [-0.39, 0.29) is 27.7 Å². The second kappa shape index (κ2) is 7.26. The Bertz CT molecular complexity index is 1150. The van der Waals surface area contributed by atoms with Crippen molar-refractivity contribution in [3.63, 3.8) is 0 Å². The van der Waals surface area contributed by atoms with Gasteiger partial charge in [-0.3, -0.25) is 0 Å². The lowest BCUT2D eigenvalue weighted by Gasteiger charge is -2.10. The van der Waals surface area contributed by atoms with Crippen molar-refractivity contribution in [1.29, 1.82) is 5.26 Å². The molecule has 0 saturated heterocycles. The lowest BCUT2D eigenvalue weighted by Crippen LogP contribution is -2.12. The molecular formula is C18H14F2N4O2S. The molecule has 3 rings (SSSR count). The molecule has 1 N–H and O–H groups in total. The molecule has 1 aromatic heterocycles. The minimum absolute atomic E-state index is 0.143. The molecule has 0 unspecified atom stereocenters. The molecule has 3 aromatic rings. The number of hydrogen-bond acceptors (Lipinski definition) is 5. The number of nitrogens with one attached hydrogen (secondary N) is 1. The molecule has 0 radical (unpaired) electrons. The van der Waals surface area contributed by atoms with Crippen LogP contribution in [-0.2, 0) is 16.4 Å². The van der Waals surface area contributed by atoms with Crippen LogP contribution in [0.25, 0.3) is 5.69 Å². The highest BCUT2D eigenvalue weighted by Crippen LogP contribution is 2.26. The summed E-state index contributed by atoms with van der Waals surface area (Å²) >= 11 is 0. The van der Waals surface area contributed by atoms with E-state index in [0.29, 0.717) is 5.69 Å². The first kappa shape index (κ1) is 18.7. The fourth-order valence-corrected chi connectivity index (χ4v) is 3.98. The first-order chi connectivity index (χ1) is 12.9. The van der Waals surface area contributed by atoms with Crippen LogP contribution in [-0.4, -0.2) is 25.2 Å². The summed E-state index contributed by atoms with van der Waals surface area (Å²) in [6.07, 6.45) is 0. The number of nitriles is 1. The van der Waals surface area contributed by atoms with Crippen LogP contribution < -0.4 is 5.32 Å². The largest absolute Gasteiger partial charge is 0.314 e.